The van der Waals surface area contributed by atoms with E-state index < -0.39 is 0 Å². The van der Waals surface area contributed by atoms with Crippen LogP contribution in [0.25, 0.3) is 0 Å². The average Bonchev–Trinajstić information content (AvgIpc) is 2.64. The summed E-state index contributed by atoms with van der Waals surface area (Å²) in [6, 6.07) is 11.3. The molecule has 1 heterocycles. The van der Waals surface area contributed by atoms with Crippen LogP contribution in [0, 0.1) is 6.92 Å². The molecule has 78 valence electrons. The molecule has 0 radical (unpaired) electrons. The molecular formula is C12H12ClNO. The number of hydrogen-bond donors (Lipinski definition) is 1. The van der Waals surface area contributed by atoms with Crippen LogP contribution in [0.5, 0.6) is 0 Å². The molecule has 0 saturated heterocycles. The molecule has 15 heavy (non-hydrogen) atoms. The first kappa shape index (κ1) is 10.3. The quantitative estimate of drug-likeness (QED) is 0.845. The molecule has 0 bridgehead atoms. The van der Waals surface area contributed by atoms with Crippen LogP contribution < -0.4 is 5.73 Å². The molecule has 2 rings (SSSR count). The van der Waals surface area contributed by atoms with Gasteiger partial charge in [0.2, 0.25) is 0 Å². The predicted molar refractivity (Wildman–Crippen MR) is 60.9 cm³/mol. The summed E-state index contributed by atoms with van der Waals surface area (Å²) in [4.78, 5) is 0. The van der Waals surface area contributed by atoms with Gasteiger partial charge in [0.1, 0.15) is 5.76 Å². The van der Waals surface area contributed by atoms with Gasteiger partial charge in [0, 0.05) is 0 Å². The molecule has 1 unspecified atom stereocenters. The minimum absolute atomic E-state index is 0.252. The van der Waals surface area contributed by atoms with Gasteiger partial charge in [-0.15, -0.1) is 0 Å². The van der Waals surface area contributed by atoms with Crippen LogP contribution in [-0.4, -0.2) is 0 Å². The van der Waals surface area contributed by atoms with Gasteiger partial charge in [-0.3, -0.25) is 0 Å². The van der Waals surface area contributed by atoms with Gasteiger partial charge in [0.05, 0.1) is 6.04 Å². The SMILES string of the molecule is Cc1cccc(C(N)c2ccc(Cl)o2)c1. The van der Waals surface area contributed by atoms with Gasteiger partial charge in [-0.25, -0.2) is 0 Å². The Hall–Kier alpha value is -1.25. The van der Waals surface area contributed by atoms with Crippen molar-refractivity contribution in [1.29, 1.82) is 0 Å². The van der Waals surface area contributed by atoms with Crippen LogP contribution in [0.2, 0.25) is 5.22 Å². The molecule has 3 heteroatoms. The van der Waals surface area contributed by atoms with Gasteiger partial charge in [-0.2, -0.15) is 0 Å². The van der Waals surface area contributed by atoms with E-state index in [9.17, 15) is 0 Å². The van der Waals surface area contributed by atoms with Crippen LogP contribution in [0.1, 0.15) is 22.9 Å². The fourth-order valence-corrected chi connectivity index (χ4v) is 1.68. The summed E-state index contributed by atoms with van der Waals surface area (Å²) in [6.07, 6.45) is 0. The molecule has 0 aliphatic rings. The maximum Gasteiger partial charge on any atom is 0.193 e. The molecule has 2 nitrogen and oxygen atoms in total. The highest BCUT2D eigenvalue weighted by atomic mass is 35.5. The molecule has 0 saturated carbocycles. The maximum atomic E-state index is 6.05. The Morgan fingerprint density at radius 1 is 1.27 bits per heavy atom. The van der Waals surface area contributed by atoms with Crippen molar-refractivity contribution in [3.63, 3.8) is 0 Å². The second-order valence-corrected chi connectivity index (χ2v) is 3.91. The zero-order valence-corrected chi connectivity index (χ0v) is 9.16. The van der Waals surface area contributed by atoms with Gasteiger partial charge in [0.15, 0.2) is 5.22 Å². The Morgan fingerprint density at radius 2 is 2.07 bits per heavy atom. The fourth-order valence-electron chi connectivity index (χ4n) is 1.52. The van der Waals surface area contributed by atoms with E-state index in [1.165, 1.54) is 5.56 Å². The van der Waals surface area contributed by atoms with Crippen LogP contribution in [0.15, 0.2) is 40.8 Å². The van der Waals surface area contributed by atoms with Crippen molar-refractivity contribution in [1.82, 2.24) is 0 Å². The Labute approximate surface area is 93.7 Å². The molecule has 1 aromatic carbocycles. The number of halogens is 1. The molecular weight excluding hydrogens is 210 g/mol. The van der Waals surface area contributed by atoms with Gasteiger partial charge in [-0.1, -0.05) is 29.8 Å². The van der Waals surface area contributed by atoms with Gasteiger partial charge in [0.25, 0.3) is 0 Å². The highest BCUT2D eigenvalue weighted by Gasteiger charge is 2.12. The van der Waals surface area contributed by atoms with E-state index in [0.717, 1.165) is 5.56 Å². The summed E-state index contributed by atoms with van der Waals surface area (Å²) in [5.74, 6) is 0.686. The van der Waals surface area contributed by atoms with Crippen molar-refractivity contribution in [3.8, 4) is 0 Å². The summed E-state index contributed by atoms with van der Waals surface area (Å²) in [5, 5.41) is 0.369. The molecule has 0 aliphatic heterocycles. The largest absolute Gasteiger partial charge is 0.448 e. The molecule has 2 N–H and O–H groups in total. The number of rotatable bonds is 2. The van der Waals surface area contributed by atoms with E-state index in [1.54, 1.807) is 12.1 Å². The molecule has 1 aromatic heterocycles. The Kier molecular flexibility index (Phi) is 2.80. The first-order chi connectivity index (χ1) is 7.16. The number of benzene rings is 1. The fraction of sp³-hybridized carbons (Fsp3) is 0.167. The summed E-state index contributed by atoms with van der Waals surface area (Å²) in [7, 11) is 0. The minimum atomic E-state index is -0.252. The van der Waals surface area contributed by atoms with Gasteiger partial charge in [-0.05, 0) is 36.2 Å². The van der Waals surface area contributed by atoms with Crippen molar-refractivity contribution in [2.75, 3.05) is 0 Å². The van der Waals surface area contributed by atoms with Crippen molar-refractivity contribution >= 4 is 11.6 Å². The Balaban J connectivity index is 2.32. The smallest absolute Gasteiger partial charge is 0.193 e. The second-order valence-electron chi connectivity index (χ2n) is 3.53. The van der Waals surface area contributed by atoms with Gasteiger partial charge < -0.3 is 10.2 Å². The lowest BCUT2D eigenvalue weighted by Crippen LogP contribution is -2.10. The lowest BCUT2D eigenvalue weighted by molar-refractivity contribution is 0.491. The molecule has 2 aromatic rings. The van der Waals surface area contributed by atoms with Crippen LogP contribution in [0.3, 0.4) is 0 Å². The zero-order chi connectivity index (χ0) is 10.8. The third-order valence-corrected chi connectivity index (χ3v) is 2.50. The molecule has 0 spiro atoms. The topological polar surface area (TPSA) is 39.2 Å². The Morgan fingerprint density at radius 3 is 2.67 bits per heavy atom. The summed E-state index contributed by atoms with van der Waals surface area (Å²) >= 11 is 5.70. The summed E-state index contributed by atoms with van der Waals surface area (Å²) in [5.41, 5.74) is 8.26. The Bertz CT molecular complexity index is 464. The van der Waals surface area contributed by atoms with E-state index in [4.69, 9.17) is 21.8 Å². The first-order valence-electron chi connectivity index (χ1n) is 4.74. The summed E-state index contributed by atoms with van der Waals surface area (Å²) < 4.78 is 5.28. The van der Waals surface area contributed by atoms with E-state index in [2.05, 4.69) is 0 Å². The lowest BCUT2D eigenvalue weighted by atomic mass is 10.0. The molecule has 0 aliphatic carbocycles. The standard InChI is InChI=1S/C12H12ClNO/c1-8-3-2-4-9(7-8)12(14)10-5-6-11(13)15-10/h2-7,12H,14H2,1H3. The average molecular weight is 222 g/mol. The number of aryl methyl sites for hydroxylation is 1. The lowest BCUT2D eigenvalue weighted by Gasteiger charge is -2.09. The number of nitrogens with two attached hydrogens (primary N) is 1. The predicted octanol–water partition coefficient (Wildman–Crippen LogP) is 3.29. The highest BCUT2D eigenvalue weighted by molar-refractivity contribution is 6.28. The second kappa shape index (κ2) is 4.09. The third-order valence-electron chi connectivity index (χ3n) is 2.30. The maximum absolute atomic E-state index is 6.05. The van der Waals surface area contributed by atoms with Crippen molar-refractivity contribution in [2.45, 2.75) is 13.0 Å². The van der Waals surface area contributed by atoms with Crippen molar-refractivity contribution < 1.29 is 4.42 Å². The van der Waals surface area contributed by atoms with Crippen molar-refractivity contribution in [3.05, 3.63) is 58.5 Å². The normalized spacial score (nSPS) is 12.7. The molecule has 1 atom stereocenters. The minimum Gasteiger partial charge on any atom is -0.448 e. The number of furan rings is 1. The van der Waals surface area contributed by atoms with E-state index in [-0.39, 0.29) is 6.04 Å². The third kappa shape index (κ3) is 2.22. The molecule has 0 fully saturated rings. The van der Waals surface area contributed by atoms with E-state index >= 15 is 0 Å². The van der Waals surface area contributed by atoms with Crippen LogP contribution >= 0.6 is 11.6 Å². The van der Waals surface area contributed by atoms with Crippen LogP contribution in [0.4, 0.5) is 0 Å². The monoisotopic (exact) mass is 221 g/mol. The first-order valence-corrected chi connectivity index (χ1v) is 5.12. The highest BCUT2D eigenvalue weighted by Crippen LogP contribution is 2.24. The van der Waals surface area contributed by atoms with E-state index in [1.807, 2.05) is 31.2 Å². The van der Waals surface area contributed by atoms with Crippen molar-refractivity contribution in [2.24, 2.45) is 5.73 Å². The molecule has 0 amide bonds. The van der Waals surface area contributed by atoms with E-state index in [0.29, 0.717) is 11.0 Å². The summed E-state index contributed by atoms with van der Waals surface area (Å²) in [6.45, 7) is 2.03. The number of hydrogen-bond acceptors (Lipinski definition) is 2. The van der Waals surface area contributed by atoms with Crippen LogP contribution in [-0.2, 0) is 0 Å². The van der Waals surface area contributed by atoms with Gasteiger partial charge >= 0.3 is 0 Å². The zero-order valence-electron chi connectivity index (χ0n) is 8.41.